The number of carbonyl (C=O) groups is 1. The molecule has 0 bridgehead atoms. The Morgan fingerprint density at radius 3 is 2.95 bits per heavy atom. The lowest BCUT2D eigenvalue weighted by Crippen LogP contribution is -2.31. The maximum atomic E-state index is 12.7. The standard InChI is InChI=1S/C15H18O2S2/c1-9-10(2)19-13(8-18-9)14(16)12-5-3-4-11-6-7-17-15(11)12/h3-5,9-10,13H,6-8H2,1-2H3. The van der Waals surface area contributed by atoms with Gasteiger partial charge in [0.2, 0.25) is 0 Å². The Kier molecular flexibility index (Phi) is 3.81. The number of carbonyl (C=O) groups excluding carboxylic acids is 1. The van der Waals surface area contributed by atoms with Crippen molar-refractivity contribution in [2.75, 3.05) is 12.4 Å². The lowest BCUT2D eigenvalue weighted by atomic mass is 10.0. The molecule has 3 rings (SSSR count). The van der Waals surface area contributed by atoms with E-state index in [9.17, 15) is 4.79 Å². The van der Waals surface area contributed by atoms with Gasteiger partial charge in [0.1, 0.15) is 5.75 Å². The molecule has 1 fully saturated rings. The van der Waals surface area contributed by atoms with Gasteiger partial charge in [0, 0.05) is 22.7 Å². The topological polar surface area (TPSA) is 26.3 Å². The predicted octanol–water partition coefficient (Wildman–Crippen LogP) is 3.43. The molecule has 2 aliphatic rings. The fourth-order valence-corrected chi connectivity index (χ4v) is 5.37. The van der Waals surface area contributed by atoms with Crippen molar-refractivity contribution in [2.24, 2.45) is 0 Å². The molecule has 102 valence electrons. The van der Waals surface area contributed by atoms with Gasteiger partial charge in [0.05, 0.1) is 17.4 Å². The molecule has 1 saturated heterocycles. The molecule has 0 aromatic heterocycles. The normalized spacial score (nSPS) is 29.7. The van der Waals surface area contributed by atoms with Crippen LogP contribution in [0.3, 0.4) is 0 Å². The average Bonchev–Trinajstić information content (AvgIpc) is 2.89. The van der Waals surface area contributed by atoms with Crippen LogP contribution in [0.1, 0.15) is 29.8 Å². The van der Waals surface area contributed by atoms with Crippen molar-refractivity contribution in [2.45, 2.75) is 36.0 Å². The number of para-hydroxylation sites is 1. The molecule has 2 nitrogen and oxygen atoms in total. The van der Waals surface area contributed by atoms with Crippen molar-refractivity contribution in [1.29, 1.82) is 0 Å². The van der Waals surface area contributed by atoms with E-state index in [-0.39, 0.29) is 11.0 Å². The van der Waals surface area contributed by atoms with Gasteiger partial charge in [-0.2, -0.15) is 11.8 Å². The summed E-state index contributed by atoms with van der Waals surface area (Å²) in [6, 6.07) is 5.96. The largest absolute Gasteiger partial charge is 0.492 e. The maximum Gasteiger partial charge on any atom is 0.180 e. The minimum atomic E-state index is 0.0758. The highest BCUT2D eigenvalue weighted by atomic mass is 32.2. The smallest absolute Gasteiger partial charge is 0.180 e. The van der Waals surface area contributed by atoms with Gasteiger partial charge in [0.15, 0.2) is 5.78 Å². The minimum absolute atomic E-state index is 0.0758. The molecule has 2 aliphatic heterocycles. The zero-order valence-corrected chi connectivity index (χ0v) is 12.9. The Morgan fingerprint density at radius 2 is 2.16 bits per heavy atom. The first-order valence-electron chi connectivity index (χ1n) is 6.73. The van der Waals surface area contributed by atoms with Crippen molar-refractivity contribution in [3.8, 4) is 5.75 Å². The van der Waals surface area contributed by atoms with Crippen LogP contribution in [0.15, 0.2) is 18.2 Å². The van der Waals surface area contributed by atoms with Gasteiger partial charge in [-0.1, -0.05) is 26.0 Å². The first-order valence-corrected chi connectivity index (χ1v) is 8.72. The molecule has 0 aliphatic carbocycles. The van der Waals surface area contributed by atoms with Gasteiger partial charge >= 0.3 is 0 Å². The van der Waals surface area contributed by atoms with Crippen LogP contribution in [0, 0.1) is 0 Å². The Balaban J connectivity index is 1.83. The summed E-state index contributed by atoms with van der Waals surface area (Å²) in [6.45, 7) is 5.17. The summed E-state index contributed by atoms with van der Waals surface area (Å²) in [5.74, 6) is 2.00. The molecule has 2 heterocycles. The number of ether oxygens (including phenoxy) is 1. The number of hydrogen-bond acceptors (Lipinski definition) is 4. The molecule has 1 aromatic rings. The van der Waals surface area contributed by atoms with E-state index in [1.807, 2.05) is 35.7 Å². The number of fused-ring (bicyclic) bond motifs is 1. The number of ketones is 1. The zero-order valence-electron chi connectivity index (χ0n) is 11.2. The fraction of sp³-hybridized carbons (Fsp3) is 0.533. The summed E-state index contributed by atoms with van der Waals surface area (Å²) in [5.41, 5.74) is 1.97. The van der Waals surface area contributed by atoms with Gasteiger partial charge in [0.25, 0.3) is 0 Å². The van der Waals surface area contributed by atoms with Crippen molar-refractivity contribution in [1.82, 2.24) is 0 Å². The van der Waals surface area contributed by atoms with Crippen LogP contribution < -0.4 is 4.74 Å². The highest BCUT2D eigenvalue weighted by Crippen LogP contribution is 2.39. The van der Waals surface area contributed by atoms with Crippen molar-refractivity contribution in [3.63, 3.8) is 0 Å². The molecule has 0 saturated carbocycles. The van der Waals surface area contributed by atoms with E-state index in [4.69, 9.17) is 4.74 Å². The summed E-state index contributed by atoms with van der Waals surface area (Å²) in [6.07, 6.45) is 0.927. The van der Waals surface area contributed by atoms with Gasteiger partial charge in [-0.25, -0.2) is 0 Å². The number of thioether (sulfide) groups is 2. The summed E-state index contributed by atoms with van der Waals surface area (Å²) < 4.78 is 5.65. The third kappa shape index (κ3) is 2.52. The van der Waals surface area contributed by atoms with Crippen molar-refractivity contribution in [3.05, 3.63) is 29.3 Å². The second-order valence-electron chi connectivity index (χ2n) is 5.12. The van der Waals surface area contributed by atoms with E-state index in [1.54, 1.807) is 0 Å². The van der Waals surface area contributed by atoms with Gasteiger partial charge in [-0.05, 0) is 11.6 Å². The van der Waals surface area contributed by atoms with Crippen LogP contribution in [0.25, 0.3) is 0 Å². The highest BCUT2D eigenvalue weighted by Gasteiger charge is 2.33. The van der Waals surface area contributed by atoms with Crippen molar-refractivity contribution >= 4 is 29.3 Å². The van der Waals surface area contributed by atoms with Gasteiger partial charge < -0.3 is 4.74 Å². The molecular formula is C15H18O2S2. The van der Waals surface area contributed by atoms with E-state index in [1.165, 1.54) is 5.56 Å². The molecule has 0 amide bonds. The van der Waals surface area contributed by atoms with E-state index in [2.05, 4.69) is 19.9 Å². The molecule has 1 aromatic carbocycles. The first kappa shape index (κ1) is 13.4. The summed E-state index contributed by atoms with van der Waals surface area (Å²) in [7, 11) is 0. The zero-order chi connectivity index (χ0) is 13.4. The number of Topliss-reactive ketones (excluding diaryl/α,β-unsaturated/α-hetero) is 1. The van der Waals surface area contributed by atoms with Crippen LogP contribution in [0.5, 0.6) is 5.75 Å². The Labute approximate surface area is 122 Å². The summed E-state index contributed by atoms with van der Waals surface area (Å²) >= 11 is 3.72. The number of benzene rings is 1. The van der Waals surface area contributed by atoms with Gasteiger partial charge in [-0.15, -0.1) is 11.8 Å². The average molecular weight is 294 g/mol. The summed E-state index contributed by atoms with van der Waals surface area (Å²) in [5, 5.41) is 1.24. The van der Waals surface area contributed by atoms with E-state index >= 15 is 0 Å². The Morgan fingerprint density at radius 1 is 1.32 bits per heavy atom. The summed E-state index contributed by atoms with van der Waals surface area (Å²) in [4.78, 5) is 12.7. The van der Waals surface area contributed by atoms with Crippen LogP contribution in [0.4, 0.5) is 0 Å². The van der Waals surface area contributed by atoms with Gasteiger partial charge in [-0.3, -0.25) is 4.79 Å². The lowest BCUT2D eigenvalue weighted by Gasteiger charge is -2.30. The Bertz CT molecular complexity index is 501. The maximum absolute atomic E-state index is 12.7. The quantitative estimate of drug-likeness (QED) is 0.781. The van der Waals surface area contributed by atoms with Crippen LogP contribution in [-0.2, 0) is 6.42 Å². The molecule has 3 atom stereocenters. The van der Waals surface area contributed by atoms with E-state index in [0.29, 0.717) is 17.1 Å². The monoisotopic (exact) mass is 294 g/mol. The van der Waals surface area contributed by atoms with Crippen LogP contribution in [0.2, 0.25) is 0 Å². The molecular weight excluding hydrogens is 276 g/mol. The molecule has 0 spiro atoms. The highest BCUT2D eigenvalue weighted by molar-refractivity contribution is 8.08. The third-order valence-corrected chi connectivity index (χ3v) is 7.21. The fourth-order valence-electron chi connectivity index (χ4n) is 2.50. The second-order valence-corrected chi connectivity index (χ2v) is 8.12. The first-order chi connectivity index (χ1) is 9.16. The number of rotatable bonds is 2. The lowest BCUT2D eigenvalue weighted by molar-refractivity contribution is 0.0991. The van der Waals surface area contributed by atoms with E-state index in [0.717, 1.165) is 23.5 Å². The predicted molar refractivity (Wildman–Crippen MR) is 82.7 cm³/mol. The SMILES string of the molecule is CC1SCC(C(=O)c2cccc3c2OCC3)SC1C. The molecule has 19 heavy (non-hydrogen) atoms. The minimum Gasteiger partial charge on any atom is -0.492 e. The number of hydrogen-bond donors (Lipinski definition) is 0. The van der Waals surface area contributed by atoms with Crippen molar-refractivity contribution < 1.29 is 9.53 Å². The van der Waals surface area contributed by atoms with Crippen LogP contribution >= 0.6 is 23.5 Å². The molecule has 4 heteroatoms. The Hall–Kier alpha value is -0.610. The second kappa shape index (κ2) is 5.41. The molecule has 0 radical (unpaired) electrons. The van der Waals surface area contributed by atoms with E-state index < -0.39 is 0 Å². The molecule has 3 unspecified atom stereocenters. The molecule has 0 N–H and O–H groups in total. The third-order valence-electron chi connectivity index (χ3n) is 3.82. The van der Waals surface area contributed by atoms with Crippen LogP contribution in [-0.4, -0.2) is 33.9 Å².